The van der Waals surface area contributed by atoms with Gasteiger partial charge in [-0.05, 0) is 145 Å². The van der Waals surface area contributed by atoms with Crippen LogP contribution in [0.2, 0.25) is 0 Å². The Kier molecular flexibility index (Phi) is 13.8. The van der Waals surface area contributed by atoms with Crippen molar-refractivity contribution in [2.75, 3.05) is 65.6 Å². The molecule has 0 saturated carbocycles. The van der Waals surface area contributed by atoms with Gasteiger partial charge in [-0.15, -0.1) is 0 Å². The van der Waals surface area contributed by atoms with E-state index in [0.29, 0.717) is 50.9 Å². The number of nitrogens with zero attached hydrogens (tertiary/aromatic N) is 3. The third-order valence-electron chi connectivity index (χ3n) is 14.3. The first-order valence-corrected chi connectivity index (χ1v) is 23.8. The number of rotatable bonds is 10. The van der Waals surface area contributed by atoms with E-state index >= 15 is 0 Å². The summed E-state index contributed by atoms with van der Waals surface area (Å²) in [5, 5.41) is 3.34. The molecule has 6 fully saturated rings. The zero-order valence-corrected chi connectivity index (χ0v) is 38.3. The third kappa shape index (κ3) is 11.2. The first-order chi connectivity index (χ1) is 31.4. The SMILES string of the molecule is CC(C)(C)OC(=O)N1CC2(CC(N3CCC(c4cc(F)ccc4OCc4ccccc4)CC3)CO2)C1.Fc1ccc(OCc2ccccc2)c(C2CCN(C3COC4(CNC4)C3)CC2)c1. The van der Waals surface area contributed by atoms with E-state index in [4.69, 9.17) is 23.7 Å². The van der Waals surface area contributed by atoms with Crippen molar-refractivity contribution in [2.24, 2.45) is 0 Å². The van der Waals surface area contributed by atoms with E-state index < -0.39 is 5.60 Å². The molecule has 10 rings (SSSR count). The molecule has 0 bridgehead atoms. The van der Waals surface area contributed by atoms with Crippen molar-refractivity contribution in [2.45, 2.75) is 113 Å². The van der Waals surface area contributed by atoms with Crippen molar-refractivity contribution in [3.63, 3.8) is 0 Å². The molecule has 6 saturated heterocycles. The molecule has 4 aromatic carbocycles. The highest BCUT2D eigenvalue weighted by atomic mass is 19.1. The second kappa shape index (κ2) is 19.7. The fraction of sp³-hybridized carbons (Fsp3) is 0.528. The second-order valence-corrected chi connectivity index (χ2v) is 20.2. The average molecular weight is 893 g/mol. The van der Waals surface area contributed by atoms with Gasteiger partial charge in [-0.25, -0.2) is 13.6 Å². The van der Waals surface area contributed by atoms with Crippen LogP contribution in [0.3, 0.4) is 0 Å². The number of piperidine rings is 2. The maximum Gasteiger partial charge on any atom is 0.410 e. The Bertz CT molecular complexity index is 2200. The summed E-state index contributed by atoms with van der Waals surface area (Å²) in [5.74, 6) is 1.80. The van der Waals surface area contributed by atoms with Gasteiger partial charge >= 0.3 is 6.09 Å². The van der Waals surface area contributed by atoms with Crippen molar-refractivity contribution < 1.29 is 37.3 Å². The van der Waals surface area contributed by atoms with Crippen LogP contribution in [-0.2, 0) is 27.4 Å². The Hall–Kier alpha value is -4.59. The third-order valence-corrected chi connectivity index (χ3v) is 14.3. The van der Waals surface area contributed by atoms with Crippen LogP contribution in [0, 0.1) is 11.6 Å². The second-order valence-electron chi connectivity index (χ2n) is 20.2. The van der Waals surface area contributed by atoms with E-state index in [2.05, 4.69) is 27.2 Å². The Labute approximate surface area is 383 Å². The molecule has 10 nitrogen and oxygen atoms in total. The molecule has 0 aliphatic carbocycles. The van der Waals surface area contributed by atoms with Crippen LogP contribution in [0.1, 0.15) is 93.4 Å². The fourth-order valence-corrected chi connectivity index (χ4v) is 10.6. The summed E-state index contributed by atoms with van der Waals surface area (Å²) in [6, 6.07) is 30.9. The summed E-state index contributed by atoms with van der Waals surface area (Å²) < 4.78 is 58.2. The zero-order valence-electron chi connectivity index (χ0n) is 38.3. The van der Waals surface area contributed by atoms with Gasteiger partial charge in [-0.3, -0.25) is 9.80 Å². The smallest absolute Gasteiger partial charge is 0.410 e. The van der Waals surface area contributed by atoms with Gasteiger partial charge in [0.2, 0.25) is 0 Å². The maximum absolute atomic E-state index is 14.2. The Balaban J connectivity index is 0.000000168. The molecule has 1 N–H and O–H groups in total. The number of benzene rings is 4. The molecule has 6 aliphatic rings. The lowest BCUT2D eigenvalue weighted by Gasteiger charge is -2.47. The molecule has 6 heterocycles. The van der Waals surface area contributed by atoms with Gasteiger partial charge in [0.15, 0.2) is 0 Å². The lowest BCUT2D eigenvalue weighted by atomic mass is 9.86. The normalized spacial score (nSPS) is 23.4. The van der Waals surface area contributed by atoms with E-state index in [1.165, 1.54) is 12.1 Å². The van der Waals surface area contributed by atoms with Gasteiger partial charge in [-0.2, -0.15) is 0 Å². The van der Waals surface area contributed by atoms with Gasteiger partial charge in [-0.1, -0.05) is 60.7 Å². The number of hydrogen-bond acceptors (Lipinski definition) is 9. The van der Waals surface area contributed by atoms with Gasteiger partial charge in [0.1, 0.15) is 47.5 Å². The average Bonchev–Trinajstić information content (AvgIpc) is 3.96. The summed E-state index contributed by atoms with van der Waals surface area (Å²) in [7, 11) is 0. The number of amides is 1. The summed E-state index contributed by atoms with van der Waals surface area (Å²) in [5.41, 5.74) is 3.58. The molecule has 348 valence electrons. The molecule has 6 aliphatic heterocycles. The van der Waals surface area contributed by atoms with Crippen LogP contribution in [0.5, 0.6) is 11.5 Å². The summed E-state index contributed by atoms with van der Waals surface area (Å²) in [4.78, 5) is 19.1. The molecule has 0 aromatic heterocycles. The summed E-state index contributed by atoms with van der Waals surface area (Å²) in [6.07, 6.45) is 5.79. The molecule has 12 heteroatoms. The molecule has 2 spiro atoms. The van der Waals surface area contributed by atoms with Crippen molar-refractivity contribution in [3.8, 4) is 11.5 Å². The van der Waals surface area contributed by atoms with Crippen molar-refractivity contribution in [1.29, 1.82) is 0 Å². The van der Waals surface area contributed by atoms with Gasteiger partial charge in [0.25, 0.3) is 0 Å². The number of carbonyl (C=O) groups excluding carboxylic acids is 1. The number of ether oxygens (including phenoxy) is 5. The van der Waals surface area contributed by atoms with Crippen molar-refractivity contribution >= 4 is 6.09 Å². The quantitative estimate of drug-likeness (QED) is 0.168. The molecule has 4 aromatic rings. The Morgan fingerprint density at radius 2 is 1.11 bits per heavy atom. The number of hydrogen-bond donors (Lipinski definition) is 1. The van der Waals surface area contributed by atoms with Gasteiger partial charge in [0, 0.05) is 36.3 Å². The highest BCUT2D eigenvalue weighted by Gasteiger charge is 2.53. The number of nitrogens with one attached hydrogen (secondary N) is 1. The van der Waals surface area contributed by atoms with Crippen LogP contribution < -0.4 is 14.8 Å². The number of halogens is 2. The van der Waals surface area contributed by atoms with E-state index in [-0.39, 0.29) is 34.8 Å². The lowest BCUT2D eigenvalue weighted by Crippen LogP contribution is -2.64. The maximum atomic E-state index is 14.2. The zero-order chi connectivity index (χ0) is 45.0. The molecule has 2 atom stereocenters. The highest BCUT2D eigenvalue weighted by Crippen LogP contribution is 2.42. The fourth-order valence-electron chi connectivity index (χ4n) is 10.6. The van der Waals surface area contributed by atoms with E-state index in [0.717, 1.165) is 118 Å². The van der Waals surface area contributed by atoms with Crippen LogP contribution >= 0.6 is 0 Å². The molecular formula is C53H66F2N4O6. The Morgan fingerprint density at radius 1 is 0.662 bits per heavy atom. The first-order valence-electron chi connectivity index (χ1n) is 23.8. The van der Waals surface area contributed by atoms with Gasteiger partial charge < -0.3 is 33.9 Å². The summed E-state index contributed by atoms with van der Waals surface area (Å²) >= 11 is 0. The van der Waals surface area contributed by atoms with Crippen LogP contribution in [0.25, 0.3) is 0 Å². The van der Waals surface area contributed by atoms with Crippen molar-refractivity contribution in [1.82, 2.24) is 20.0 Å². The molecule has 1 amide bonds. The minimum atomic E-state index is -0.489. The van der Waals surface area contributed by atoms with E-state index in [1.54, 1.807) is 29.2 Å². The predicted octanol–water partition coefficient (Wildman–Crippen LogP) is 9.08. The molecule has 65 heavy (non-hydrogen) atoms. The first kappa shape index (κ1) is 45.6. The Morgan fingerprint density at radius 3 is 1.52 bits per heavy atom. The largest absolute Gasteiger partial charge is 0.489 e. The monoisotopic (exact) mass is 892 g/mol. The van der Waals surface area contributed by atoms with E-state index in [9.17, 15) is 13.6 Å². The molecule has 0 radical (unpaired) electrons. The minimum absolute atomic E-state index is 0.0997. The predicted molar refractivity (Wildman–Crippen MR) is 246 cm³/mol. The number of likely N-dealkylation sites (tertiary alicyclic amines) is 3. The van der Waals surface area contributed by atoms with Gasteiger partial charge in [0.05, 0.1) is 31.9 Å². The minimum Gasteiger partial charge on any atom is -0.489 e. The topological polar surface area (TPSA) is 85.0 Å². The van der Waals surface area contributed by atoms with Crippen LogP contribution in [0.15, 0.2) is 97.1 Å². The van der Waals surface area contributed by atoms with Crippen LogP contribution in [0.4, 0.5) is 13.6 Å². The number of carbonyl (C=O) groups is 1. The van der Waals surface area contributed by atoms with E-state index in [1.807, 2.05) is 69.3 Å². The molecular weight excluding hydrogens is 827 g/mol. The van der Waals surface area contributed by atoms with Crippen LogP contribution in [-0.4, -0.2) is 115 Å². The standard InChI is InChI=1S/C29H37FN2O4.C24H29FN2O2/c1-28(2,3)36-27(33)32-19-29(20-32)16-24(18-35-29)31-13-11-22(12-14-31)25-15-23(30)9-10-26(25)34-17-21-7-5-4-6-8-21;25-20-6-7-23(28-14-18-4-2-1-3-5-18)22(12-20)19-8-10-27(11-9-19)21-13-24(29-15-21)16-26-17-24/h4-10,15,22,24H,11-14,16-20H2,1-3H3;1-7,12,19,21,26H,8-11,13-17H2. The lowest BCUT2D eigenvalue weighted by molar-refractivity contribution is -0.109. The molecule has 2 unspecified atom stereocenters. The summed E-state index contributed by atoms with van der Waals surface area (Å²) in [6.45, 7) is 15.3. The van der Waals surface area contributed by atoms with Crippen molar-refractivity contribution in [3.05, 3.63) is 131 Å². The highest BCUT2D eigenvalue weighted by molar-refractivity contribution is 5.69.